The Kier molecular flexibility index (Phi) is 2.51. The van der Waals surface area contributed by atoms with Gasteiger partial charge in [-0.3, -0.25) is 0 Å². The van der Waals surface area contributed by atoms with Gasteiger partial charge in [0, 0.05) is 10.1 Å². The lowest BCUT2D eigenvalue weighted by atomic mass is 9.77. The first-order valence-corrected chi connectivity index (χ1v) is 7.00. The minimum absolute atomic E-state index is 0.785. The standard InChI is InChI=1S/C14H18S/c1-10-11-6-2-4-8-13(11)15-14-9-5-3-7-12(10)14/h2,4,6,8,10,12,14H,3,5,7,9H2,1H3. The van der Waals surface area contributed by atoms with Gasteiger partial charge >= 0.3 is 0 Å². The van der Waals surface area contributed by atoms with Crippen molar-refractivity contribution < 1.29 is 0 Å². The summed E-state index contributed by atoms with van der Waals surface area (Å²) in [5.74, 6) is 1.73. The molecule has 3 unspecified atom stereocenters. The number of fused-ring (bicyclic) bond motifs is 2. The normalized spacial score (nSPS) is 34.3. The molecule has 0 N–H and O–H groups in total. The van der Waals surface area contributed by atoms with Gasteiger partial charge in [-0.15, -0.1) is 11.8 Å². The van der Waals surface area contributed by atoms with Gasteiger partial charge in [0.05, 0.1) is 0 Å². The summed E-state index contributed by atoms with van der Waals surface area (Å²) in [6.07, 6.45) is 5.79. The van der Waals surface area contributed by atoms with Crippen LogP contribution in [0.15, 0.2) is 29.2 Å². The molecule has 1 fully saturated rings. The third kappa shape index (κ3) is 1.61. The van der Waals surface area contributed by atoms with Gasteiger partial charge in [-0.1, -0.05) is 38.0 Å². The van der Waals surface area contributed by atoms with E-state index in [2.05, 4.69) is 43.0 Å². The SMILES string of the molecule is CC1c2ccccc2SC2CCCCC21. The molecule has 3 rings (SSSR count). The van der Waals surface area contributed by atoms with Crippen LogP contribution in [0.3, 0.4) is 0 Å². The molecule has 80 valence electrons. The van der Waals surface area contributed by atoms with Crippen molar-refractivity contribution in [3.63, 3.8) is 0 Å². The number of rotatable bonds is 0. The Morgan fingerprint density at radius 2 is 1.93 bits per heavy atom. The van der Waals surface area contributed by atoms with Gasteiger partial charge in [0.15, 0.2) is 0 Å². The van der Waals surface area contributed by atoms with Crippen LogP contribution in [0.5, 0.6) is 0 Å². The van der Waals surface area contributed by atoms with E-state index in [-0.39, 0.29) is 0 Å². The molecule has 1 aromatic rings. The lowest BCUT2D eigenvalue weighted by molar-refractivity contribution is 0.319. The number of hydrogen-bond acceptors (Lipinski definition) is 1. The smallest absolute Gasteiger partial charge is 0.0128 e. The molecule has 0 nitrogen and oxygen atoms in total. The Bertz CT molecular complexity index is 358. The highest BCUT2D eigenvalue weighted by molar-refractivity contribution is 8.00. The van der Waals surface area contributed by atoms with Crippen LogP contribution < -0.4 is 0 Å². The van der Waals surface area contributed by atoms with Crippen molar-refractivity contribution in [2.45, 2.75) is 48.7 Å². The Morgan fingerprint density at radius 3 is 2.87 bits per heavy atom. The predicted molar refractivity (Wildman–Crippen MR) is 66.5 cm³/mol. The van der Waals surface area contributed by atoms with Crippen molar-refractivity contribution in [1.29, 1.82) is 0 Å². The average Bonchev–Trinajstić information content (AvgIpc) is 2.30. The van der Waals surface area contributed by atoms with E-state index in [1.807, 2.05) is 0 Å². The molecule has 0 spiro atoms. The maximum Gasteiger partial charge on any atom is 0.0128 e. The van der Waals surface area contributed by atoms with Crippen molar-refractivity contribution in [3.05, 3.63) is 29.8 Å². The van der Waals surface area contributed by atoms with E-state index < -0.39 is 0 Å². The topological polar surface area (TPSA) is 0 Å². The molecule has 0 saturated heterocycles. The van der Waals surface area contributed by atoms with Crippen LogP contribution >= 0.6 is 11.8 Å². The van der Waals surface area contributed by atoms with E-state index in [1.165, 1.54) is 25.7 Å². The van der Waals surface area contributed by atoms with Gasteiger partial charge in [-0.2, -0.15) is 0 Å². The second kappa shape index (κ2) is 3.86. The molecule has 3 atom stereocenters. The van der Waals surface area contributed by atoms with Crippen LogP contribution in [0.4, 0.5) is 0 Å². The van der Waals surface area contributed by atoms with Gasteiger partial charge < -0.3 is 0 Å². The molecule has 2 aliphatic rings. The molecule has 1 saturated carbocycles. The van der Waals surface area contributed by atoms with E-state index in [1.54, 1.807) is 10.5 Å². The lowest BCUT2D eigenvalue weighted by Gasteiger charge is -2.40. The van der Waals surface area contributed by atoms with Crippen LogP contribution in [0.2, 0.25) is 0 Å². The quantitative estimate of drug-likeness (QED) is 0.619. The third-order valence-corrected chi connectivity index (χ3v) is 5.60. The minimum Gasteiger partial charge on any atom is -0.122 e. The lowest BCUT2D eigenvalue weighted by Crippen LogP contribution is -2.30. The number of hydrogen-bond donors (Lipinski definition) is 0. The molecule has 1 heteroatoms. The third-order valence-electron chi connectivity index (χ3n) is 4.08. The second-order valence-electron chi connectivity index (χ2n) is 4.93. The summed E-state index contributed by atoms with van der Waals surface area (Å²) in [6.45, 7) is 2.43. The van der Waals surface area contributed by atoms with E-state index in [4.69, 9.17) is 0 Å². The fourth-order valence-corrected chi connectivity index (χ4v) is 4.91. The zero-order valence-corrected chi connectivity index (χ0v) is 10.1. The molecular formula is C14H18S. The molecule has 1 aliphatic carbocycles. The van der Waals surface area contributed by atoms with Crippen LogP contribution in [-0.2, 0) is 0 Å². The van der Waals surface area contributed by atoms with E-state index >= 15 is 0 Å². The van der Waals surface area contributed by atoms with Crippen molar-refractivity contribution >= 4 is 11.8 Å². The summed E-state index contributed by atoms with van der Waals surface area (Å²) in [7, 11) is 0. The number of thioether (sulfide) groups is 1. The Labute approximate surface area is 96.5 Å². The molecule has 1 aliphatic heterocycles. The summed E-state index contributed by atoms with van der Waals surface area (Å²) in [5, 5.41) is 0.906. The van der Waals surface area contributed by atoms with Crippen molar-refractivity contribution in [3.8, 4) is 0 Å². The summed E-state index contributed by atoms with van der Waals surface area (Å²) in [6, 6.07) is 9.01. The molecule has 0 amide bonds. The van der Waals surface area contributed by atoms with Gasteiger partial charge in [0.1, 0.15) is 0 Å². The average molecular weight is 218 g/mol. The zero-order valence-electron chi connectivity index (χ0n) is 9.28. The number of benzene rings is 1. The molecular weight excluding hydrogens is 200 g/mol. The van der Waals surface area contributed by atoms with E-state index in [9.17, 15) is 0 Å². The highest BCUT2D eigenvalue weighted by atomic mass is 32.2. The van der Waals surface area contributed by atoms with Crippen molar-refractivity contribution in [2.75, 3.05) is 0 Å². The predicted octanol–water partition coefficient (Wildman–Crippen LogP) is 4.45. The monoisotopic (exact) mass is 218 g/mol. The second-order valence-corrected chi connectivity index (χ2v) is 6.21. The van der Waals surface area contributed by atoms with Gasteiger partial charge in [-0.05, 0) is 36.3 Å². The summed E-state index contributed by atoms with van der Waals surface area (Å²) in [5.41, 5.74) is 1.60. The molecule has 1 heterocycles. The molecule has 0 bridgehead atoms. The van der Waals surface area contributed by atoms with Crippen LogP contribution in [-0.4, -0.2) is 5.25 Å². The molecule has 0 aromatic heterocycles. The summed E-state index contributed by atoms with van der Waals surface area (Å²) < 4.78 is 0. The maximum atomic E-state index is 2.43. The summed E-state index contributed by atoms with van der Waals surface area (Å²) in [4.78, 5) is 1.55. The van der Waals surface area contributed by atoms with Crippen LogP contribution in [0.25, 0.3) is 0 Å². The van der Waals surface area contributed by atoms with Crippen LogP contribution in [0, 0.1) is 5.92 Å². The van der Waals surface area contributed by atoms with Crippen molar-refractivity contribution in [1.82, 2.24) is 0 Å². The first kappa shape index (κ1) is 9.77. The van der Waals surface area contributed by atoms with Gasteiger partial charge in [-0.25, -0.2) is 0 Å². The van der Waals surface area contributed by atoms with Gasteiger partial charge in [0.25, 0.3) is 0 Å². The first-order chi connectivity index (χ1) is 7.36. The maximum absolute atomic E-state index is 2.43. The molecule has 15 heavy (non-hydrogen) atoms. The fraction of sp³-hybridized carbons (Fsp3) is 0.571. The zero-order chi connectivity index (χ0) is 10.3. The minimum atomic E-state index is 0.785. The molecule has 1 aromatic carbocycles. The largest absolute Gasteiger partial charge is 0.122 e. The highest BCUT2D eigenvalue weighted by Crippen LogP contribution is 2.50. The highest BCUT2D eigenvalue weighted by Gasteiger charge is 2.35. The van der Waals surface area contributed by atoms with Crippen LogP contribution in [0.1, 0.15) is 44.1 Å². The Hall–Kier alpha value is -0.430. The van der Waals surface area contributed by atoms with E-state index in [0.29, 0.717) is 0 Å². The fourth-order valence-electron chi connectivity index (χ4n) is 3.20. The summed E-state index contributed by atoms with van der Waals surface area (Å²) >= 11 is 2.14. The Morgan fingerprint density at radius 1 is 1.13 bits per heavy atom. The Balaban J connectivity index is 1.98. The first-order valence-electron chi connectivity index (χ1n) is 6.12. The van der Waals surface area contributed by atoms with Crippen molar-refractivity contribution in [2.24, 2.45) is 5.92 Å². The van der Waals surface area contributed by atoms with Gasteiger partial charge in [0.2, 0.25) is 0 Å². The molecule has 0 radical (unpaired) electrons. The van der Waals surface area contributed by atoms with E-state index in [0.717, 1.165) is 17.1 Å².